The number of halogens is 4. The Morgan fingerprint density at radius 2 is 1.92 bits per heavy atom. The lowest BCUT2D eigenvalue weighted by molar-refractivity contribution is -0.137. The van der Waals surface area contributed by atoms with E-state index in [-0.39, 0.29) is 29.6 Å². The van der Waals surface area contributed by atoms with Crippen LogP contribution < -0.4 is 5.32 Å². The molecule has 4 nitrogen and oxygen atoms in total. The maximum absolute atomic E-state index is 12.7. The number of hydrogen-bond acceptors (Lipinski definition) is 3. The van der Waals surface area contributed by atoms with Crippen LogP contribution in [0.5, 0.6) is 0 Å². The van der Waals surface area contributed by atoms with Crippen molar-refractivity contribution in [2.45, 2.75) is 19.5 Å². The number of piperazine rings is 1. The number of benzene rings is 1. The number of nitrogens with one attached hydrogen (secondary N) is 1. The van der Waals surface area contributed by atoms with Crippen LogP contribution in [0, 0.1) is 0 Å². The van der Waals surface area contributed by atoms with Crippen LogP contribution in [-0.4, -0.2) is 55.0 Å². The molecule has 1 heterocycles. The number of alkyl halides is 3. The third kappa shape index (κ3) is 5.01. The molecule has 24 heavy (non-hydrogen) atoms. The van der Waals surface area contributed by atoms with Gasteiger partial charge in [0.15, 0.2) is 0 Å². The van der Waals surface area contributed by atoms with Crippen LogP contribution in [0.25, 0.3) is 0 Å². The Bertz CT molecular complexity index is 572. The van der Waals surface area contributed by atoms with Crippen LogP contribution in [0.2, 0.25) is 5.02 Å². The fourth-order valence-electron chi connectivity index (χ4n) is 2.61. The molecule has 8 heteroatoms. The van der Waals surface area contributed by atoms with E-state index in [2.05, 4.69) is 17.1 Å². The predicted octanol–water partition coefficient (Wildman–Crippen LogP) is 3.32. The van der Waals surface area contributed by atoms with Crippen molar-refractivity contribution in [3.8, 4) is 0 Å². The minimum atomic E-state index is -4.42. The average molecular weight is 364 g/mol. The van der Waals surface area contributed by atoms with Gasteiger partial charge in [0.25, 0.3) is 0 Å². The van der Waals surface area contributed by atoms with Crippen molar-refractivity contribution < 1.29 is 18.0 Å². The molecule has 0 radical (unpaired) electrons. The monoisotopic (exact) mass is 363 g/mol. The first-order valence-electron chi connectivity index (χ1n) is 7.92. The fraction of sp³-hybridized carbons (Fsp3) is 0.562. The van der Waals surface area contributed by atoms with Gasteiger partial charge in [-0.15, -0.1) is 0 Å². The number of carbonyl (C=O) groups excluding carboxylic acids is 1. The number of anilines is 1. The Balaban J connectivity index is 1.85. The highest BCUT2D eigenvalue weighted by Crippen LogP contribution is 2.33. The maximum atomic E-state index is 12.7. The molecule has 0 aromatic heterocycles. The Kier molecular flexibility index (Phi) is 6.34. The van der Waals surface area contributed by atoms with Gasteiger partial charge in [-0.1, -0.05) is 18.5 Å². The van der Waals surface area contributed by atoms with Crippen LogP contribution in [0.4, 0.5) is 18.9 Å². The summed E-state index contributed by atoms with van der Waals surface area (Å²) in [5.41, 5.74) is -0.577. The molecule has 1 aromatic rings. The molecule has 0 spiro atoms. The molecule has 134 valence electrons. The summed E-state index contributed by atoms with van der Waals surface area (Å²) in [7, 11) is 0. The molecule has 0 bridgehead atoms. The lowest BCUT2D eigenvalue weighted by Gasteiger charge is -2.34. The molecule has 1 aromatic carbocycles. The van der Waals surface area contributed by atoms with E-state index >= 15 is 0 Å². The summed E-state index contributed by atoms with van der Waals surface area (Å²) in [6, 6.07) is 3.11. The standard InChI is InChI=1S/C16H21ClF3N3O/c1-2-22-7-9-23(10-8-22)15(24)5-6-21-14-11-12(16(18,19)20)3-4-13(14)17/h3-4,11,21H,2,5-10H2,1H3. The van der Waals surface area contributed by atoms with Gasteiger partial charge in [-0.05, 0) is 24.7 Å². The first-order valence-corrected chi connectivity index (χ1v) is 8.30. The van der Waals surface area contributed by atoms with Crippen molar-refractivity contribution in [2.75, 3.05) is 44.6 Å². The van der Waals surface area contributed by atoms with Crippen LogP contribution >= 0.6 is 11.6 Å². The third-order valence-electron chi connectivity index (χ3n) is 4.12. The molecule has 1 fully saturated rings. The molecule has 1 saturated heterocycles. The maximum Gasteiger partial charge on any atom is 0.416 e. The molecule has 1 aliphatic rings. The van der Waals surface area contributed by atoms with E-state index in [0.717, 1.165) is 31.8 Å². The van der Waals surface area contributed by atoms with Gasteiger partial charge < -0.3 is 15.1 Å². The van der Waals surface area contributed by atoms with Gasteiger partial charge in [-0.2, -0.15) is 13.2 Å². The summed E-state index contributed by atoms with van der Waals surface area (Å²) in [6.45, 7) is 6.39. The van der Waals surface area contributed by atoms with Crippen molar-refractivity contribution >= 4 is 23.2 Å². The first kappa shape index (κ1) is 18.9. The van der Waals surface area contributed by atoms with E-state index in [0.29, 0.717) is 13.1 Å². The summed E-state index contributed by atoms with van der Waals surface area (Å²) >= 11 is 5.91. The van der Waals surface area contributed by atoms with Crippen molar-refractivity contribution in [3.63, 3.8) is 0 Å². The Hall–Kier alpha value is -1.47. The van der Waals surface area contributed by atoms with Crippen LogP contribution in [0.15, 0.2) is 18.2 Å². The second kappa shape index (κ2) is 8.07. The van der Waals surface area contributed by atoms with Gasteiger partial charge in [0.2, 0.25) is 5.91 Å². The fourth-order valence-corrected chi connectivity index (χ4v) is 2.80. The van der Waals surface area contributed by atoms with Crippen LogP contribution in [-0.2, 0) is 11.0 Å². The highest BCUT2D eigenvalue weighted by atomic mass is 35.5. The Morgan fingerprint density at radius 3 is 2.50 bits per heavy atom. The van der Waals surface area contributed by atoms with Crippen LogP contribution in [0.1, 0.15) is 18.9 Å². The Morgan fingerprint density at radius 1 is 1.25 bits per heavy atom. The number of carbonyl (C=O) groups is 1. The lowest BCUT2D eigenvalue weighted by Crippen LogP contribution is -2.48. The Labute approximate surface area is 144 Å². The lowest BCUT2D eigenvalue weighted by atomic mass is 10.2. The number of likely N-dealkylation sites (N-methyl/N-ethyl adjacent to an activating group) is 1. The number of amides is 1. The van der Waals surface area contributed by atoms with E-state index in [1.807, 2.05) is 0 Å². The number of nitrogens with zero attached hydrogens (tertiary/aromatic N) is 2. The minimum Gasteiger partial charge on any atom is -0.383 e. The molecule has 0 aliphatic carbocycles. The summed E-state index contributed by atoms with van der Waals surface area (Å²) in [5, 5.41) is 3.03. The third-order valence-corrected chi connectivity index (χ3v) is 4.45. The zero-order chi connectivity index (χ0) is 17.7. The molecular formula is C16H21ClF3N3O. The zero-order valence-electron chi connectivity index (χ0n) is 13.5. The zero-order valence-corrected chi connectivity index (χ0v) is 14.3. The van der Waals surface area contributed by atoms with Gasteiger partial charge in [0.1, 0.15) is 0 Å². The summed E-state index contributed by atoms with van der Waals surface area (Å²) in [6.07, 6.45) is -4.20. The van der Waals surface area contributed by atoms with Crippen LogP contribution in [0.3, 0.4) is 0 Å². The summed E-state index contributed by atoms with van der Waals surface area (Å²) in [5.74, 6) is 0.00125. The molecular weight excluding hydrogens is 343 g/mol. The van der Waals surface area contributed by atoms with Gasteiger partial charge in [0, 0.05) is 39.1 Å². The van der Waals surface area contributed by atoms with Gasteiger partial charge in [-0.25, -0.2) is 0 Å². The van der Waals surface area contributed by atoms with Crippen molar-refractivity contribution in [1.82, 2.24) is 9.80 Å². The molecule has 0 atom stereocenters. The largest absolute Gasteiger partial charge is 0.416 e. The highest BCUT2D eigenvalue weighted by molar-refractivity contribution is 6.33. The second-order valence-electron chi connectivity index (χ2n) is 5.68. The number of hydrogen-bond donors (Lipinski definition) is 1. The van der Waals surface area contributed by atoms with E-state index in [9.17, 15) is 18.0 Å². The smallest absolute Gasteiger partial charge is 0.383 e. The van der Waals surface area contributed by atoms with Crippen molar-refractivity contribution in [3.05, 3.63) is 28.8 Å². The van der Waals surface area contributed by atoms with Gasteiger partial charge >= 0.3 is 6.18 Å². The molecule has 2 rings (SSSR count). The first-order chi connectivity index (χ1) is 11.3. The average Bonchev–Trinajstić information content (AvgIpc) is 2.55. The van der Waals surface area contributed by atoms with E-state index in [1.165, 1.54) is 6.07 Å². The predicted molar refractivity (Wildman–Crippen MR) is 88.3 cm³/mol. The number of rotatable bonds is 5. The molecule has 1 N–H and O–H groups in total. The molecule has 0 unspecified atom stereocenters. The molecule has 0 saturated carbocycles. The van der Waals surface area contributed by atoms with Gasteiger partial charge in [-0.3, -0.25) is 4.79 Å². The summed E-state index contributed by atoms with van der Waals surface area (Å²) < 4.78 is 38.2. The summed E-state index contributed by atoms with van der Waals surface area (Å²) in [4.78, 5) is 16.2. The quantitative estimate of drug-likeness (QED) is 0.871. The van der Waals surface area contributed by atoms with Crippen molar-refractivity contribution in [1.29, 1.82) is 0 Å². The molecule has 1 aliphatic heterocycles. The second-order valence-corrected chi connectivity index (χ2v) is 6.09. The minimum absolute atomic E-state index is 0.00125. The van der Waals surface area contributed by atoms with E-state index in [1.54, 1.807) is 4.90 Å². The molecule has 1 amide bonds. The topological polar surface area (TPSA) is 35.6 Å². The van der Waals surface area contributed by atoms with E-state index < -0.39 is 11.7 Å². The van der Waals surface area contributed by atoms with Crippen molar-refractivity contribution in [2.24, 2.45) is 0 Å². The highest BCUT2D eigenvalue weighted by Gasteiger charge is 2.31. The van der Waals surface area contributed by atoms with E-state index in [4.69, 9.17) is 11.6 Å². The SMILES string of the molecule is CCN1CCN(C(=O)CCNc2cc(C(F)(F)F)ccc2Cl)CC1. The normalized spacial score (nSPS) is 16.3. The van der Waals surface area contributed by atoms with Gasteiger partial charge in [0.05, 0.1) is 16.3 Å².